The van der Waals surface area contributed by atoms with Crippen molar-refractivity contribution in [2.75, 3.05) is 38.6 Å². The van der Waals surface area contributed by atoms with Gasteiger partial charge in [0.1, 0.15) is 11.5 Å². The number of ether oxygens (including phenoxy) is 1. The molecule has 158 valence electrons. The largest absolute Gasteiger partial charge is 0.379 e. The lowest BCUT2D eigenvalue weighted by molar-refractivity contribution is 0.0730. The summed E-state index contributed by atoms with van der Waals surface area (Å²) in [6.07, 6.45) is 0.493. The summed E-state index contributed by atoms with van der Waals surface area (Å²) >= 11 is 12.5. The fourth-order valence-corrected chi connectivity index (χ4v) is 4.75. The van der Waals surface area contributed by atoms with Gasteiger partial charge in [0.15, 0.2) is 0 Å². The van der Waals surface area contributed by atoms with Gasteiger partial charge < -0.3 is 10.1 Å². The third-order valence-electron chi connectivity index (χ3n) is 4.35. The molecule has 29 heavy (non-hydrogen) atoms. The lowest BCUT2D eigenvalue weighted by Gasteiger charge is -2.25. The molecule has 1 N–H and O–H groups in total. The highest BCUT2D eigenvalue weighted by Gasteiger charge is 2.25. The van der Waals surface area contributed by atoms with E-state index in [4.69, 9.17) is 27.9 Å². The molecule has 0 aliphatic carbocycles. The van der Waals surface area contributed by atoms with Crippen LogP contribution in [0.2, 0.25) is 10.0 Å². The Bertz CT molecular complexity index is 969. The van der Waals surface area contributed by atoms with Gasteiger partial charge in [0.05, 0.1) is 29.0 Å². The van der Waals surface area contributed by atoms with Gasteiger partial charge in [-0.15, -0.1) is 5.10 Å². The Hall–Kier alpha value is -1.72. The van der Waals surface area contributed by atoms with Crippen molar-refractivity contribution in [1.29, 1.82) is 0 Å². The summed E-state index contributed by atoms with van der Waals surface area (Å²) in [7, 11) is -3.47. The lowest BCUT2D eigenvalue weighted by Crippen LogP contribution is -2.43. The zero-order valence-corrected chi connectivity index (χ0v) is 18.1. The van der Waals surface area contributed by atoms with Crippen molar-refractivity contribution in [2.45, 2.75) is 13.3 Å². The molecule has 0 atom stereocenters. The maximum atomic E-state index is 12.4. The molecular formula is C17H21Cl2N5O4S. The van der Waals surface area contributed by atoms with Crippen LogP contribution in [0.15, 0.2) is 18.2 Å². The second-order valence-corrected chi connectivity index (χ2v) is 9.17. The summed E-state index contributed by atoms with van der Waals surface area (Å²) in [5.74, 6) is -0.359. The zero-order valence-electron chi connectivity index (χ0n) is 15.8. The first-order valence-corrected chi connectivity index (χ1v) is 11.4. The van der Waals surface area contributed by atoms with Crippen LogP contribution < -0.4 is 5.32 Å². The molecule has 1 aromatic heterocycles. The average molecular weight is 462 g/mol. The van der Waals surface area contributed by atoms with E-state index in [9.17, 15) is 13.2 Å². The first-order chi connectivity index (χ1) is 13.8. The fourth-order valence-electron chi connectivity index (χ4n) is 2.87. The number of aryl methyl sites for hydroxylation is 1. The highest BCUT2D eigenvalue weighted by atomic mass is 35.5. The Kier molecular flexibility index (Phi) is 7.12. The van der Waals surface area contributed by atoms with Crippen molar-refractivity contribution in [3.8, 4) is 5.69 Å². The van der Waals surface area contributed by atoms with Crippen molar-refractivity contribution >= 4 is 39.1 Å². The smallest absolute Gasteiger partial charge is 0.291 e. The molecule has 1 fully saturated rings. The van der Waals surface area contributed by atoms with E-state index in [-0.39, 0.29) is 18.1 Å². The van der Waals surface area contributed by atoms with Crippen molar-refractivity contribution < 1.29 is 17.9 Å². The van der Waals surface area contributed by atoms with Crippen LogP contribution in [-0.2, 0) is 21.2 Å². The van der Waals surface area contributed by atoms with E-state index in [0.717, 1.165) is 0 Å². The van der Waals surface area contributed by atoms with Gasteiger partial charge in [-0.05, 0) is 12.1 Å². The van der Waals surface area contributed by atoms with Gasteiger partial charge in [-0.1, -0.05) is 36.2 Å². The molecule has 0 spiro atoms. The molecule has 0 radical (unpaired) electrons. The molecule has 0 unspecified atom stereocenters. The van der Waals surface area contributed by atoms with E-state index in [1.165, 1.54) is 8.99 Å². The van der Waals surface area contributed by atoms with Crippen molar-refractivity contribution in [1.82, 2.24) is 24.4 Å². The maximum absolute atomic E-state index is 12.4. The Morgan fingerprint density at radius 3 is 2.52 bits per heavy atom. The summed E-state index contributed by atoms with van der Waals surface area (Å²) in [6.45, 7) is 3.19. The Morgan fingerprint density at radius 1 is 1.24 bits per heavy atom. The Morgan fingerprint density at radius 2 is 1.90 bits per heavy atom. The molecule has 2 aromatic rings. The number of benzene rings is 1. The minimum atomic E-state index is -3.47. The number of nitrogens with one attached hydrogen (secondary N) is 1. The summed E-state index contributed by atoms with van der Waals surface area (Å²) in [4.78, 5) is 16.7. The van der Waals surface area contributed by atoms with Crippen LogP contribution in [0, 0.1) is 0 Å². The summed E-state index contributed by atoms with van der Waals surface area (Å²) < 4.78 is 32.6. The predicted octanol–water partition coefficient (Wildman–Crippen LogP) is 1.53. The molecule has 1 saturated heterocycles. The number of morpholine rings is 1. The molecule has 12 heteroatoms. The monoisotopic (exact) mass is 461 g/mol. The van der Waals surface area contributed by atoms with Gasteiger partial charge in [-0.2, -0.15) is 4.31 Å². The van der Waals surface area contributed by atoms with E-state index >= 15 is 0 Å². The number of aromatic nitrogens is 3. The lowest BCUT2D eigenvalue weighted by atomic mass is 10.3. The van der Waals surface area contributed by atoms with Gasteiger partial charge in [0.2, 0.25) is 15.8 Å². The van der Waals surface area contributed by atoms with Crippen LogP contribution in [0.4, 0.5) is 0 Å². The van der Waals surface area contributed by atoms with Crippen molar-refractivity contribution in [3.63, 3.8) is 0 Å². The molecule has 1 aliphatic heterocycles. The topological polar surface area (TPSA) is 106 Å². The van der Waals surface area contributed by atoms with E-state index in [2.05, 4.69) is 15.4 Å². The van der Waals surface area contributed by atoms with Crippen molar-refractivity contribution in [3.05, 3.63) is 39.9 Å². The van der Waals surface area contributed by atoms with Crippen LogP contribution in [-0.4, -0.2) is 72.0 Å². The standard InChI is InChI=1S/C17H21Cl2N5O4S/c1-2-14-21-16(22-24(14)15-12(18)4-3-5-13(15)19)17(25)20-6-11-29(26,27)23-7-9-28-10-8-23/h3-5H,2,6-11H2,1H3,(H,20,25). The normalized spacial score (nSPS) is 15.4. The molecule has 0 bridgehead atoms. The van der Waals surface area contributed by atoms with E-state index in [1.54, 1.807) is 18.2 Å². The van der Waals surface area contributed by atoms with E-state index < -0.39 is 15.9 Å². The van der Waals surface area contributed by atoms with E-state index in [1.807, 2.05) is 6.92 Å². The molecule has 1 amide bonds. The molecular weight excluding hydrogens is 441 g/mol. The number of hydrogen-bond acceptors (Lipinski definition) is 6. The van der Waals surface area contributed by atoms with Gasteiger partial charge in [0, 0.05) is 26.1 Å². The molecule has 1 aromatic carbocycles. The minimum Gasteiger partial charge on any atom is -0.379 e. The summed E-state index contributed by atoms with van der Waals surface area (Å²) in [6, 6.07) is 5.04. The highest BCUT2D eigenvalue weighted by molar-refractivity contribution is 7.89. The number of rotatable bonds is 7. The van der Waals surface area contributed by atoms with Gasteiger partial charge in [0.25, 0.3) is 5.91 Å². The molecule has 0 saturated carbocycles. The first-order valence-electron chi connectivity index (χ1n) is 9.07. The number of para-hydroxylation sites is 1. The first kappa shape index (κ1) is 22.0. The van der Waals surface area contributed by atoms with Crippen LogP contribution in [0.1, 0.15) is 23.4 Å². The van der Waals surface area contributed by atoms with Crippen LogP contribution in [0.5, 0.6) is 0 Å². The number of nitrogens with zero attached hydrogens (tertiary/aromatic N) is 4. The fraction of sp³-hybridized carbons (Fsp3) is 0.471. The third-order valence-corrected chi connectivity index (χ3v) is 6.83. The molecule has 3 rings (SSSR count). The number of hydrogen-bond donors (Lipinski definition) is 1. The second-order valence-electron chi connectivity index (χ2n) is 6.27. The third kappa shape index (κ3) is 5.07. The molecule has 2 heterocycles. The van der Waals surface area contributed by atoms with Crippen LogP contribution in [0.25, 0.3) is 5.69 Å². The van der Waals surface area contributed by atoms with Crippen molar-refractivity contribution in [2.24, 2.45) is 0 Å². The second kappa shape index (κ2) is 9.40. The summed E-state index contributed by atoms with van der Waals surface area (Å²) in [5, 5.41) is 7.54. The quantitative estimate of drug-likeness (QED) is 0.669. The minimum absolute atomic E-state index is 0.0542. The Labute approximate surface area is 179 Å². The number of amides is 1. The maximum Gasteiger partial charge on any atom is 0.291 e. The number of sulfonamides is 1. The average Bonchev–Trinajstić information content (AvgIpc) is 3.12. The highest BCUT2D eigenvalue weighted by Crippen LogP contribution is 2.28. The van der Waals surface area contributed by atoms with Gasteiger partial charge >= 0.3 is 0 Å². The van der Waals surface area contributed by atoms with Crippen LogP contribution in [0.3, 0.4) is 0 Å². The predicted molar refractivity (Wildman–Crippen MR) is 109 cm³/mol. The SMILES string of the molecule is CCc1nc(C(=O)NCCS(=O)(=O)N2CCOCC2)nn1-c1c(Cl)cccc1Cl. The molecule has 1 aliphatic rings. The summed E-state index contributed by atoms with van der Waals surface area (Å²) in [5.41, 5.74) is 0.439. The van der Waals surface area contributed by atoms with Gasteiger partial charge in [-0.3, -0.25) is 4.79 Å². The van der Waals surface area contributed by atoms with Crippen LogP contribution >= 0.6 is 23.2 Å². The number of carbonyl (C=O) groups excluding carboxylic acids is 1. The van der Waals surface area contributed by atoms with Gasteiger partial charge in [-0.25, -0.2) is 18.1 Å². The van der Waals surface area contributed by atoms with E-state index in [0.29, 0.717) is 54.3 Å². The number of halogens is 2. The number of carbonyl (C=O) groups is 1. The molecule has 9 nitrogen and oxygen atoms in total. The Balaban J connectivity index is 1.69. The zero-order chi connectivity index (χ0) is 21.0.